The molecule has 0 aliphatic heterocycles. The first kappa shape index (κ1) is 24.4. The monoisotopic (exact) mass is 373 g/mol. The Hall–Kier alpha value is -1.63. The standard InChI is InChI=1S/C19H35NO6/c1-20(2,3)15-16(14-18(23)24)26-19(25)13-11-9-7-5-4-6-8-10-12-17(21)22/h16H,4-15H2,1-3H3,(H-,21,22,23,24)/t16-/m1/s1. The maximum absolute atomic E-state index is 11.9. The van der Waals surface area contributed by atoms with Gasteiger partial charge in [-0.15, -0.1) is 0 Å². The number of esters is 1. The largest absolute Gasteiger partial charge is 0.550 e. The average molecular weight is 373 g/mol. The van der Waals surface area contributed by atoms with Gasteiger partial charge in [0.2, 0.25) is 0 Å². The minimum Gasteiger partial charge on any atom is -0.550 e. The van der Waals surface area contributed by atoms with E-state index in [1.807, 2.05) is 21.1 Å². The third-order valence-corrected chi connectivity index (χ3v) is 3.97. The van der Waals surface area contributed by atoms with Gasteiger partial charge in [0.15, 0.2) is 6.10 Å². The maximum atomic E-state index is 11.9. The van der Waals surface area contributed by atoms with E-state index in [0.717, 1.165) is 51.4 Å². The van der Waals surface area contributed by atoms with Crippen molar-refractivity contribution < 1.29 is 33.8 Å². The zero-order valence-corrected chi connectivity index (χ0v) is 16.5. The summed E-state index contributed by atoms with van der Waals surface area (Å²) >= 11 is 0. The average Bonchev–Trinajstić information content (AvgIpc) is 2.46. The third kappa shape index (κ3) is 17.2. The Bertz CT molecular complexity index is 430. The van der Waals surface area contributed by atoms with Crippen LogP contribution < -0.4 is 5.11 Å². The van der Waals surface area contributed by atoms with E-state index in [0.29, 0.717) is 17.4 Å². The molecule has 0 unspecified atom stereocenters. The van der Waals surface area contributed by atoms with Crippen LogP contribution >= 0.6 is 0 Å². The fraction of sp³-hybridized carbons (Fsp3) is 0.842. The van der Waals surface area contributed by atoms with Crippen molar-refractivity contribution in [1.29, 1.82) is 0 Å². The molecular weight excluding hydrogens is 338 g/mol. The van der Waals surface area contributed by atoms with Crippen LogP contribution in [0, 0.1) is 0 Å². The van der Waals surface area contributed by atoms with E-state index in [-0.39, 0.29) is 18.8 Å². The van der Waals surface area contributed by atoms with Crippen LogP contribution in [0.3, 0.4) is 0 Å². The number of likely N-dealkylation sites (N-methyl/N-ethyl adjacent to an activating group) is 1. The van der Waals surface area contributed by atoms with Crippen LogP contribution in [0.15, 0.2) is 0 Å². The number of carboxylic acids is 2. The van der Waals surface area contributed by atoms with E-state index in [2.05, 4.69) is 0 Å². The van der Waals surface area contributed by atoms with Crippen molar-refractivity contribution in [2.75, 3.05) is 27.7 Å². The molecule has 152 valence electrons. The highest BCUT2D eigenvalue weighted by atomic mass is 16.5. The summed E-state index contributed by atoms with van der Waals surface area (Å²) in [5.41, 5.74) is 0. The molecule has 0 aromatic carbocycles. The van der Waals surface area contributed by atoms with Crippen molar-refractivity contribution >= 4 is 17.9 Å². The van der Waals surface area contributed by atoms with Crippen molar-refractivity contribution in [3.63, 3.8) is 0 Å². The summed E-state index contributed by atoms with van der Waals surface area (Å²) in [6.45, 7) is 0.432. The maximum Gasteiger partial charge on any atom is 0.306 e. The van der Waals surface area contributed by atoms with Crippen molar-refractivity contribution in [3.8, 4) is 0 Å². The molecule has 0 amide bonds. The number of rotatable bonds is 16. The lowest BCUT2D eigenvalue weighted by molar-refractivity contribution is -0.873. The second-order valence-corrected chi connectivity index (χ2v) is 7.88. The van der Waals surface area contributed by atoms with Gasteiger partial charge in [-0.05, 0) is 12.8 Å². The first-order valence-corrected chi connectivity index (χ1v) is 9.51. The molecule has 0 rings (SSSR count). The minimum absolute atomic E-state index is 0.245. The molecule has 1 atom stereocenters. The second-order valence-electron chi connectivity index (χ2n) is 7.88. The molecule has 0 radical (unpaired) electrons. The topological polar surface area (TPSA) is 104 Å². The van der Waals surface area contributed by atoms with E-state index in [9.17, 15) is 19.5 Å². The molecule has 0 aliphatic rings. The minimum atomic E-state index is -1.21. The number of carbonyl (C=O) groups is 3. The Labute approximate surface area is 156 Å². The SMILES string of the molecule is C[N+](C)(C)C[C@@H](CC(=O)[O-])OC(=O)CCCCCCCCCCC(=O)O. The molecule has 0 bridgehead atoms. The first-order chi connectivity index (χ1) is 12.1. The van der Waals surface area contributed by atoms with Crippen LogP contribution in [0.1, 0.15) is 70.6 Å². The third-order valence-electron chi connectivity index (χ3n) is 3.97. The van der Waals surface area contributed by atoms with Gasteiger partial charge in [-0.2, -0.15) is 0 Å². The summed E-state index contributed by atoms with van der Waals surface area (Å²) < 4.78 is 5.82. The molecule has 0 saturated heterocycles. The van der Waals surface area contributed by atoms with E-state index in [1.54, 1.807) is 0 Å². The lowest BCUT2D eigenvalue weighted by Gasteiger charge is -2.29. The van der Waals surface area contributed by atoms with Crippen LogP contribution in [0.2, 0.25) is 0 Å². The number of ether oxygens (including phenoxy) is 1. The number of carboxylic acid groups (broad SMARTS) is 2. The number of nitrogens with zero attached hydrogens (tertiary/aromatic N) is 1. The zero-order valence-electron chi connectivity index (χ0n) is 16.5. The van der Waals surface area contributed by atoms with E-state index < -0.39 is 18.0 Å². The highest BCUT2D eigenvalue weighted by molar-refractivity contribution is 5.70. The number of aliphatic carboxylic acids is 2. The molecule has 0 spiro atoms. The van der Waals surface area contributed by atoms with Gasteiger partial charge in [0, 0.05) is 25.2 Å². The van der Waals surface area contributed by atoms with Gasteiger partial charge in [-0.25, -0.2) is 0 Å². The van der Waals surface area contributed by atoms with Gasteiger partial charge >= 0.3 is 11.9 Å². The summed E-state index contributed by atoms with van der Waals surface area (Å²) in [4.78, 5) is 33.1. The molecule has 7 nitrogen and oxygen atoms in total. The fourth-order valence-corrected chi connectivity index (χ4v) is 2.79. The Balaban J connectivity index is 3.76. The summed E-state index contributed by atoms with van der Waals surface area (Å²) in [5.74, 6) is -2.29. The van der Waals surface area contributed by atoms with Crippen LogP contribution in [-0.4, -0.2) is 61.3 Å². The quantitative estimate of drug-likeness (QED) is 0.251. The van der Waals surface area contributed by atoms with E-state index >= 15 is 0 Å². The molecule has 7 heteroatoms. The zero-order chi connectivity index (χ0) is 20.0. The van der Waals surface area contributed by atoms with Crippen molar-refractivity contribution in [2.24, 2.45) is 0 Å². The number of hydrogen-bond acceptors (Lipinski definition) is 5. The molecule has 0 aromatic heterocycles. The van der Waals surface area contributed by atoms with Crippen molar-refractivity contribution in [3.05, 3.63) is 0 Å². The van der Waals surface area contributed by atoms with Gasteiger partial charge in [-0.1, -0.05) is 38.5 Å². The lowest BCUT2D eigenvalue weighted by Crippen LogP contribution is -2.45. The summed E-state index contributed by atoms with van der Waals surface area (Å²) in [6, 6.07) is 0. The van der Waals surface area contributed by atoms with Gasteiger partial charge < -0.3 is 24.2 Å². The normalized spacial score (nSPS) is 12.6. The number of unbranched alkanes of at least 4 members (excludes halogenated alkanes) is 7. The number of hydrogen-bond donors (Lipinski definition) is 1. The smallest absolute Gasteiger partial charge is 0.306 e. The van der Waals surface area contributed by atoms with Crippen LogP contribution in [-0.2, 0) is 19.1 Å². The molecule has 26 heavy (non-hydrogen) atoms. The molecule has 0 saturated carbocycles. The molecule has 1 N–H and O–H groups in total. The highest BCUT2D eigenvalue weighted by Gasteiger charge is 2.22. The Morgan fingerprint density at radius 2 is 1.35 bits per heavy atom. The molecule has 0 aliphatic carbocycles. The predicted molar refractivity (Wildman–Crippen MR) is 96.2 cm³/mol. The summed E-state index contributed by atoms with van der Waals surface area (Å²) in [7, 11) is 5.74. The Morgan fingerprint density at radius 1 is 0.885 bits per heavy atom. The van der Waals surface area contributed by atoms with Gasteiger partial charge in [0.25, 0.3) is 0 Å². The lowest BCUT2D eigenvalue weighted by atomic mass is 10.1. The summed E-state index contributed by atoms with van der Waals surface area (Å²) in [5, 5.41) is 19.3. The molecule has 0 fully saturated rings. The van der Waals surface area contributed by atoms with E-state index in [1.165, 1.54) is 0 Å². The highest BCUT2D eigenvalue weighted by Crippen LogP contribution is 2.12. The van der Waals surface area contributed by atoms with Crippen LogP contribution in [0.4, 0.5) is 0 Å². The van der Waals surface area contributed by atoms with Crippen molar-refractivity contribution in [1.82, 2.24) is 0 Å². The van der Waals surface area contributed by atoms with Crippen LogP contribution in [0.25, 0.3) is 0 Å². The number of carbonyl (C=O) groups excluding carboxylic acids is 2. The van der Waals surface area contributed by atoms with E-state index in [4.69, 9.17) is 9.84 Å². The number of quaternary nitrogens is 1. The summed E-state index contributed by atoms with van der Waals surface area (Å²) in [6.07, 6.45) is 7.23. The molecular formula is C19H35NO6. The molecule has 0 aromatic rings. The van der Waals surface area contributed by atoms with Gasteiger partial charge in [0.05, 0.1) is 21.1 Å². The molecule has 0 heterocycles. The second kappa shape index (κ2) is 13.6. The van der Waals surface area contributed by atoms with Crippen molar-refractivity contribution in [2.45, 2.75) is 76.7 Å². The Morgan fingerprint density at radius 3 is 1.77 bits per heavy atom. The first-order valence-electron chi connectivity index (χ1n) is 9.51. The van der Waals surface area contributed by atoms with Gasteiger partial charge in [0.1, 0.15) is 6.54 Å². The van der Waals surface area contributed by atoms with Crippen LogP contribution in [0.5, 0.6) is 0 Å². The predicted octanol–water partition coefficient (Wildman–Crippen LogP) is 1.73. The fourth-order valence-electron chi connectivity index (χ4n) is 2.79. The Kier molecular flexibility index (Phi) is 12.7. The van der Waals surface area contributed by atoms with Gasteiger partial charge in [-0.3, -0.25) is 9.59 Å².